The van der Waals surface area contributed by atoms with Crippen molar-refractivity contribution in [1.29, 1.82) is 0 Å². The Bertz CT molecular complexity index is 825. The molecule has 0 saturated carbocycles. The zero-order chi connectivity index (χ0) is 14.1. The molecule has 0 spiro atoms. The topological polar surface area (TPSA) is 60.9 Å². The number of hydrogen-bond donors (Lipinski definition) is 1. The van der Waals surface area contributed by atoms with Crippen LogP contribution in [-0.4, -0.2) is 9.55 Å². The Kier molecular flexibility index (Phi) is 3.20. The minimum atomic E-state index is -0.0610. The first-order chi connectivity index (χ1) is 9.65. The molecule has 0 bridgehead atoms. The van der Waals surface area contributed by atoms with Gasteiger partial charge >= 0.3 is 0 Å². The Hall–Kier alpha value is -2.27. The minimum absolute atomic E-state index is 0.0610. The van der Waals surface area contributed by atoms with Crippen LogP contribution in [0.5, 0.6) is 0 Å². The summed E-state index contributed by atoms with van der Waals surface area (Å²) in [5.74, 6) is 0. The maximum atomic E-state index is 12.0. The lowest BCUT2D eigenvalue weighted by Gasteiger charge is -2.08. The van der Waals surface area contributed by atoms with Crippen LogP contribution in [0, 0.1) is 0 Å². The van der Waals surface area contributed by atoms with Crippen LogP contribution in [0.2, 0.25) is 0 Å². The van der Waals surface area contributed by atoms with E-state index in [1.165, 1.54) is 11.8 Å². The van der Waals surface area contributed by atoms with Crippen molar-refractivity contribution in [2.24, 2.45) is 7.05 Å². The average molecular weight is 283 g/mol. The molecule has 100 valence electrons. The molecule has 0 atom stereocenters. The van der Waals surface area contributed by atoms with Crippen molar-refractivity contribution in [1.82, 2.24) is 9.55 Å². The minimum Gasteiger partial charge on any atom is -0.399 e. The van der Waals surface area contributed by atoms with Crippen LogP contribution < -0.4 is 11.3 Å². The molecule has 0 aliphatic rings. The Labute approximate surface area is 120 Å². The standard InChI is InChI=1S/C15H13N3OS/c1-18-14(19)9-13(12-3-2-8-17-15(12)18)20-11-6-4-10(16)5-7-11/h2-9H,16H2,1H3. The summed E-state index contributed by atoms with van der Waals surface area (Å²) in [6.45, 7) is 0. The van der Waals surface area contributed by atoms with E-state index >= 15 is 0 Å². The van der Waals surface area contributed by atoms with Crippen molar-refractivity contribution in [3.63, 3.8) is 0 Å². The molecule has 1 aromatic carbocycles. The van der Waals surface area contributed by atoms with Gasteiger partial charge in [-0.2, -0.15) is 0 Å². The molecule has 2 N–H and O–H groups in total. The molecule has 2 aromatic heterocycles. The summed E-state index contributed by atoms with van der Waals surface area (Å²) in [5, 5.41) is 0.969. The lowest BCUT2D eigenvalue weighted by molar-refractivity contribution is 0.880. The van der Waals surface area contributed by atoms with Gasteiger partial charge in [0.1, 0.15) is 5.65 Å². The van der Waals surface area contributed by atoms with Gasteiger partial charge in [0.25, 0.3) is 5.56 Å². The fourth-order valence-corrected chi connectivity index (χ4v) is 2.95. The van der Waals surface area contributed by atoms with Gasteiger partial charge in [0.15, 0.2) is 0 Å². The van der Waals surface area contributed by atoms with Gasteiger partial charge in [-0.05, 0) is 36.4 Å². The van der Waals surface area contributed by atoms with Crippen LogP contribution in [0.3, 0.4) is 0 Å². The second kappa shape index (κ2) is 5.02. The van der Waals surface area contributed by atoms with Crippen molar-refractivity contribution in [3.05, 3.63) is 59.0 Å². The van der Waals surface area contributed by atoms with E-state index in [2.05, 4.69) is 4.98 Å². The molecule has 20 heavy (non-hydrogen) atoms. The summed E-state index contributed by atoms with van der Waals surface area (Å²) in [6.07, 6.45) is 1.69. The number of benzene rings is 1. The van der Waals surface area contributed by atoms with E-state index in [1.807, 2.05) is 36.4 Å². The monoisotopic (exact) mass is 283 g/mol. The van der Waals surface area contributed by atoms with E-state index in [9.17, 15) is 4.79 Å². The fraction of sp³-hybridized carbons (Fsp3) is 0.0667. The van der Waals surface area contributed by atoms with E-state index in [-0.39, 0.29) is 5.56 Å². The normalized spacial score (nSPS) is 10.8. The predicted octanol–water partition coefficient (Wildman–Crippen LogP) is 2.67. The molecule has 5 heteroatoms. The van der Waals surface area contributed by atoms with Gasteiger partial charge < -0.3 is 5.73 Å². The zero-order valence-corrected chi connectivity index (χ0v) is 11.7. The molecule has 0 saturated heterocycles. The first-order valence-electron chi connectivity index (χ1n) is 6.13. The van der Waals surface area contributed by atoms with Gasteiger partial charge in [-0.15, -0.1) is 0 Å². The molecule has 0 fully saturated rings. The fourth-order valence-electron chi connectivity index (χ4n) is 1.99. The lowest BCUT2D eigenvalue weighted by Crippen LogP contribution is -2.16. The Morgan fingerprint density at radius 1 is 1.20 bits per heavy atom. The van der Waals surface area contributed by atoms with Crippen molar-refractivity contribution < 1.29 is 0 Å². The molecule has 2 heterocycles. The Morgan fingerprint density at radius 2 is 1.95 bits per heavy atom. The number of aromatic nitrogens is 2. The van der Waals surface area contributed by atoms with Crippen molar-refractivity contribution in [2.45, 2.75) is 9.79 Å². The van der Waals surface area contributed by atoms with E-state index in [0.29, 0.717) is 5.65 Å². The highest BCUT2D eigenvalue weighted by Gasteiger charge is 2.08. The highest BCUT2D eigenvalue weighted by molar-refractivity contribution is 7.99. The third-order valence-electron chi connectivity index (χ3n) is 3.06. The third-order valence-corrected chi connectivity index (χ3v) is 4.13. The van der Waals surface area contributed by atoms with E-state index in [1.54, 1.807) is 23.9 Å². The van der Waals surface area contributed by atoms with Gasteiger partial charge in [-0.25, -0.2) is 4.98 Å². The van der Waals surface area contributed by atoms with Crippen molar-refractivity contribution in [2.75, 3.05) is 5.73 Å². The highest BCUT2D eigenvalue weighted by atomic mass is 32.2. The number of hydrogen-bond acceptors (Lipinski definition) is 4. The van der Waals surface area contributed by atoms with Crippen LogP contribution in [0.4, 0.5) is 5.69 Å². The number of rotatable bonds is 2. The Balaban J connectivity index is 2.14. The lowest BCUT2D eigenvalue weighted by atomic mass is 10.3. The second-order valence-corrected chi connectivity index (χ2v) is 5.57. The highest BCUT2D eigenvalue weighted by Crippen LogP contribution is 2.31. The van der Waals surface area contributed by atoms with Crippen molar-refractivity contribution >= 4 is 28.5 Å². The molecule has 3 rings (SSSR count). The zero-order valence-electron chi connectivity index (χ0n) is 10.9. The Morgan fingerprint density at radius 3 is 2.70 bits per heavy atom. The SMILES string of the molecule is Cn1c(=O)cc(Sc2ccc(N)cc2)c2cccnc21. The van der Waals surface area contributed by atoms with Gasteiger partial charge in [0, 0.05) is 40.2 Å². The van der Waals surface area contributed by atoms with Gasteiger partial charge in [-0.1, -0.05) is 11.8 Å². The maximum Gasteiger partial charge on any atom is 0.253 e. The maximum absolute atomic E-state index is 12.0. The molecule has 0 unspecified atom stereocenters. The van der Waals surface area contributed by atoms with Gasteiger partial charge in [0.2, 0.25) is 0 Å². The predicted molar refractivity (Wildman–Crippen MR) is 82.0 cm³/mol. The molecule has 3 aromatic rings. The summed E-state index contributed by atoms with van der Waals surface area (Å²) in [5.41, 5.74) is 7.04. The summed E-state index contributed by atoms with van der Waals surface area (Å²) in [6, 6.07) is 13.1. The number of nitrogens with zero attached hydrogens (tertiary/aromatic N) is 2. The quantitative estimate of drug-likeness (QED) is 0.735. The number of nitrogen functional groups attached to an aromatic ring is 1. The molecule has 0 radical (unpaired) electrons. The van der Waals surface area contributed by atoms with Gasteiger partial charge in [-0.3, -0.25) is 9.36 Å². The third kappa shape index (κ3) is 2.28. The number of aryl methyl sites for hydroxylation is 1. The van der Waals surface area contributed by atoms with Crippen LogP contribution in [-0.2, 0) is 7.05 Å². The van der Waals surface area contributed by atoms with Crippen molar-refractivity contribution in [3.8, 4) is 0 Å². The summed E-state index contributed by atoms with van der Waals surface area (Å²) in [7, 11) is 1.73. The first kappa shape index (κ1) is 12.7. The van der Waals surface area contributed by atoms with Crippen LogP contribution in [0.15, 0.2) is 63.2 Å². The van der Waals surface area contributed by atoms with E-state index in [4.69, 9.17) is 5.73 Å². The number of anilines is 1. The smallest absolute Gasteiger partial charge is 0.253 e. The van der Waals surface area contributed by atoms with Crippen LogP contribution in [0.25, 0.3) is 11.0 Å². The number of nitrogens with two attached hydrogens (primary N) is 1. The van der Waals surface area contributed by atoms with E-state index < -0.39 is 0 Å². The molecule has 4 nitrogen and oxygen atoms in total. The van der Waals surface area contributed by atoms with Gasteiger partial charge in [0.05, 0.1) is 0 Å². The second-order valence-electron chi connectivity index (χ2n) is 4.45. The summed E-state index contributed by atoms with van der Waals surface area (Å²) in [4.78, 5) is 18.2. The largest absolute Gasteiger partial charge is 0.399 e. The molecule has 0 aliphatic heterocycles. The molecular formula is C15H13N3OS. The molecule has 0 aliphatic carbocycles. The van der Waals surface area contributed by atoms with E-state index in [0.717, 1.165) is 20.9 Å². The number of pyridine rings is 2. The first-order valence-corrected chi connectivity index (χ1v) is 6.95. The molecule has 0 amide bonds. The average Bonchev–Trinajstić information content (AvgIpc) is 2.47. The van der Waals surface area contributed by atoms with Crippen LogP contribution >= 0.6 is 11.8 Å². The number of fused-ring (bicyclic) bond motifs is 1. The molecular weight excluding hydrogens is 270 g/mol. The summed E-state index contributed by atoms with van der Waals surface area (Å²) >= 11 is 1.54. The van der Waals surface area contributed by atoms with Crippen LogP contribution in [0.1, 0.15) is 0 Å². The summed E-state index contributed by atoms with van der Waals surface area (Å²) < 4.78 is 1.56.